The van der Waals surface area contributed by atoms with Crippen LogP contribution in [0, 0.1) is 5.82 Å². The smallest absolute Gasteiger partial charge is 0.335 e. The Balaban J connectivity index is 1.82. The van der Waals surface area contributed by atoms with E-state index in [9.17, 15) is 18.8 Å². The number of carbonyl (C=O) groups is 3. The maximum absolute atomic E-state index is 14.4. The molecule has 0 bridgehead atoms. The second-order valence-corrected chi connectivity index (χ2v) is 8.49. The standard InChI is InChI=1S/C27H24ClFN6O4/c1-31-32-16-35(30)24-11-9-20(28)14-18(24)8-12-25(36)33-23(13-17-5-3-2-4-6-17)26(37)34-22-10-7-19(27(38)39)15-21(22)29/h2-12,14-16,23H,1,13,30H2,(H,33,36)(H,34,37)(H,38,39)/b12-8+,32-16-/t23-/m0/s1. The molecular formula is C27H24ClFN6O4. The monoisotopic (exact) mass is 550 g/mol. The zero-order valence-electron chi connectivity index (χ0n) is 20.4. The average Bonchev–Trinajstić information content (AvgIpc) is 2.91. The normalized spacial score (nSPS) is 11.8. The summed E-state index contributed by atoms with van der Waals surface area (Å²) in [6.07, 6.45) is 3.97. The van der Waals surface area contributed by atoms with Crippen molar-refractivity contribution >= 4 is 59.9 Å². The fourth-order valence-corrected chi connectivity index (χ4v) is 3.64. The molecule has 0 aromatic heterocycles. The molecule has 39 heavy (non-hydrogen) atoms. The van der Waals surface area contributed by atoms with E-state index in [1.807, 2.05) is 0 Å². The summed E-state index contributed by atoms with van der Waals surface area (Å²) in [5.74, 6) is 2.40. The van der Waals surface area contributed by atoms with Crippen LogP contribution in [0.1, 0.15) is 21.5 Å². The minimum Gasteiger partial charge on any atom is -0.478 e. The quantitative estimate of drug-likeness (QED) is 0.0935. The molecule has 0 spiro atoms. The molecule has 3 aromatic rings. The van der Waals surface area contributed by atoms with Crippen LogP contribution in [-0.2, 0) is 16.0 Å². The van der Waals surface area contributed by atoms with Crippen LogP contribution in [0.15, 0.2) is 83.0 Å². The minimum atomic E-state index is -1.31. The number of halogens is 2. The largest absolute Gasteiger partial charge is 0.478 e. The summed E-state index contributed by atoms with van der Waals surface area (Å²) in [6.45, 7) is 3.24. The summed E-state index contributed by atoms with van der Waals surface area (Å²) in [4.78, 5) is 37.0. The topological polar surface area (TPSA) is 149 Å². The van der Waals surface area contributed by atoms with Crippen LogP contribution in [0.2, 0.25) is 5.02 Å². The second kappa shape index (κ2) is 13.6. The highest BCUT2D eigenvalue weighted by molar-refractivity contribution is 6.30. The van der Waals surface area contributed by atoms with Crippen LogP contribution in [0.25, 0.3) is 6.08 Å². The Morgan fingerprint density at radius 3 is 2.54 bits per heavy atom. The molecule has 2 amide bonds. The van der Waals surface area contributed by atoms with Crippen LogP contribution < -0.4 is 21.5 Å². The second-order valence-electron chi connectivity index (χ2n) is 8.06. The molecule has 0 saturated carbocycles. The van der Waals surface area contributed by atoms with E-state index in [0.717, 1.165) is 23.8 Å². The van der Waals surface area contributed by atoms with Crippen LogP contribution >= 0.6 is 11.6 Å². The molecule has 0 aliphatic heterocycles. The van der Waals surface area contributed by atoms with Gasteiger partial charge < -0.3 is 15.7 Å². The van der Waals surface area contributed by atoms with E-state index in [0.29, 0.717) is 16.3 Å². The molecule has 0 radical (unpaired) electrons. The number of amides is 2. The molecule has 12 heteroatoms. The van der Waals surface area contributed by atoms with Gasteiger partial charge in [-0.1, -0.05) is 41.9 Å². The molecule has 3 aromatic carbocycles. The minimum absolute atomic E-state index is 0.102. The fourth-order valence-electron chi connectivity index (χ4n) is 3.46. The number of carboxylic acids is 1. The Labute approximate surface area is 228 Å². The number of anilines is 2. The third-order valence-corrected chi connectivity index (χ3v) is 5.56. The molecule has 200 valence electrons. The van der Waals surface area contributed by atoms with Gasteiger partial charge in [-0.05, 0) is 48.0 Å². The summed E-state index contributed by atoms with van der Waals surface area (Å²) >= 11 is 6.10. The fraction of sp³-hybridized carbons (Fsp3) is 0.0741. The van der Waals surface area contributed by atoms with E-state index in [4.69, 9.17) is 22.6 Å². The van der Waals surface area contributed by atoms with Gasteiger partial charge in [-0.25, -0.2) is 15.0 Å². The zero-order chi connectivity index (χ0) is 28.4. The van der Waals surface area contributed by atoms with Gasteiger partial charge in [0.1, 0.15) is 18.2 Å². The van der Waals surface area contributed by atoms with E-state index in [1.54, 1.807) is 48.5 Å². The first kappa shape index (κ1) is 28.7. The van der Waals surface area contributed by atoms with Gasteiger partial charge in [-0.2, -0.15) is 5.10 Å². The molecule has 0 aliphatic carbocycles. The lowest BCUT2D eigenvalue weighted by Crippen LogP contribution is -2.44. The number of carbonyl (C=O) groups excluding carboxylic acids is 2. The summed E-state index contributed by atoms with van der Waals surface area (Å²) in [5, 5.41) is 22.6. The number of hydrazine groups is 1. The van der Waals surface area contributed by atoms with Gasteiger partial charge in [0.25, 0.3) is 0 Å². The highest BCUT2D eigenvalue weighted by Crippen LogP contribution is 2.24. The van der Waals surface area contributed by atoms with Crippen molar-refractivity contribution in [2.24, 2.45) is 16.0 Å². The molecule has 5 N–H and O–H groups in total. The predicted molar refractivity (Wildman–Crippen MR) is 149 cm³/mol. The van der Waals surface area contributed by atoms with E-state index in [-0.39, 0.29) is 17.7 Å². The third kappa shape index (κ3) is 8.32. The number of nitrogens with zero attached hydrogens (tertiary/aromatic N) is 3. The van der Waals surface area contributed by atoms with Gasteiger partial charge in [-0.15, -0.1) is 5.10 Å². The zero-order valence-corrected chi connectivity index (χ0v) is 21.2. The molecule has 0 fully saturated rings. The van der Waals surface area contributed by atoms with Gasteiger partial charge in [0.15, 0.2) is 0 Å². The van der Waals surface area contributed by atoms with Crippen molar-refractivity contribution in [2.45, 2.75) is 12.5 Å². The summed E-state index contributed by atoms with van der Waals surface area (Å²) in [5.41, 5.74) is 1.17. The molecule has 0 unspecified atom stereocenters. The van der Waals surface area contributed by atoms with Gasteiger partial charge in [0, 0.05) is 29.8 Å². The molecule has 3 rings (SSSR count). The van der Waals surface area contributed by atoms with Crippen LogP contribution in [0.5, 0.6) is 0 Å². The highest BCUT2D eigenvalue weighted by Gasteiger charge is 2.22. The highest BCUT2D eigenvalue weighted by atomic mass is 35.5. The third-order valence-electron chi connectivity index (χ3n) is 5.33. The molecule has 10 nitrogen and oxygen atoms in total. The first-order valence-electron chi connectivity index (χ1n) is 11.4. The lowest BCUT2D eigenvalue weighted by molar-refractivity contribution is -0.123. The Morgan fingerprint density at radius 1 is 1.13 bits per heavy atom. The van der Waals surface area contributed by atoms with Gasteiger partial charge in [-0.3, -0.25) is 14.6 Å². The Bertz CT molecular complexity index is 1430. The van der Waals surface area contributed by atoms with Crippen molar-refractivity contribution in [1.82, 2.24) is 5.32 Å². The molecule has 1 atom stereocenters. The molecular weight excluding hydrogens is 527 g/mol. The van der Waals surface area contributed by atoms with E-state index < -0.39 is 29.6 Å². The number of benzene rings is 3. The Morgan fingerprint density at radius 2 is 1.87 bits per heavy atom. The van der Waals surface area contributed by atoms with Gasteiger partial charge in [0.2, 0.25) is 11.8 Å². The summed E-state index contributed by atoms with van der Waals surface area (Å²) < 4.78 is 14.4. The summed E-state index contributed by atoms with van der Waals surface area (Å²) in [6, 6.07) is 15.7. The van der Waals surface area contributed by atoms with Crippen molar-refractivity contribution in [3.63, 3.8) is 0 Å². The first-order valence-corrected chi connectivity index (χ1v) is 11.7. The molecule has 0 saturated heterocycles. The van der Waals surface area contributed by atoms with E-state index in [1.165, 1.54) is 23.5 Å². The van der Waals surface area contributed by atoms with Crippen LogP contribution in [-0.4, -0.2) is 42.0 Å². The number of nitrogens with two attached hydrogens (primary N) is 1. The molecule has 0 heterocycles. The number of aromatic carboxylic acids is 1. The van der Waals surface area contributed by atoms with Gasteiger partial charge >= 0.3 is 5.97 Å². The Hall–Kier alpha value is -4.87. The van der Waals surface area contributed by atoms with Crippen molar-refractivity contribution in [3.05, 3.63) is 100 Å². The van der Waals surface area contributed by atoms with Crippen molar-refractivity contribution in [2.75, 3.05) is 10.3 Å². The van der Waals surface area contributed by atoms with Crippen LogP contribution in [0.3, 0.4) is 0 Å². The SMILES string of the molecule is C=N/N=C\N(N)c1ccc(Cl)cc1/C=C/C(=O)N[C@@H](Cc1ccccc1)C(=O)Nc1ccc(C(=O)O)cc1F. The average molecular weight is 551 g/mol. The number of carboxylic acid groups (broad SMARTS) is 1. The maximum Gasteiger partial charge on any atom is 0.335 e. The summed E-state index contributed by atoms with van der Waals surface area (Å²) in [7, 11) is 0. The predicted octanol–water partition coefficient (Wildman–Crippen LogP) is 3.88. The number of rotatable bonds is 11. The molecule has 0 aliphatic rings. The van der Waals surface area contributed by atoms with Crippen molar-refractivity contribution in [3.8, 4) is 0 Å². The lowest BCUT2D eigenvalue weighted by Gasteiger charge is -2.18. The van der Waals surface area contributed by atoms with Crippen molar-refractivity contribution < 1.29 is 23.9 Å². The Kier molecular flexibility index (Phi) is 10.0. The number of nitrogens with one attached hydrogen (secondary N) is 2. The van der Waals surface area contributed by atoms with E-state index in [2.05, 4.69) is 27.6 Å². The number of hydrogen-bond donors (Lipinski definition) is 4. The first-order chi connectivity index (χ1) is 18.7. The maximum atomic E-state index is 14.4. The van der Waals surface area contributed by atoms with Crippen LogP contribution in [0.4, 0.5) is 15.8 Å². The van der Waals surface area contributed by atoms with Crippen molar-refractivity contribution in [1.29, 1.82) is 0 Å². The number of hydrogen-bond acceptors (Lipinski definition) is 6. The van der Waals surface area contributed by atoms with E-state index >= 15 is 0 Å². The lowest BCUT2D eigenvalue weighted by atomic mass is 10.0. The van der Waals surface area contributed by atoms with Gasteiger partial charge in [0.05, 0.1) is 16.9 Å².